The molecule has 118 valence electrons. The van der Waals surface area contributed by atoms with Crippen molar-refractivity contribution in [2.45, 2.75) is 57.6 Å². The highest BCUT2D eigenvalue weighted by Gasteiger charge is 2.38. The molecule has 0 amide bonds. The van der Waals surface area contributed by atoms with Crippen molar-refractivity contribution in [1.29, 1.82) is 0 Å². The fraction of sp³-hybridized carbons (Fsp3) is 0.647. The third-order valence-electron chi connectivity index (χ3n) is 4.94. The van der Waals surface area contributed by atoms with Crippen LogP contribution in [0.1, 0.15) is 45.1 Å². The van der Waals surface area contributed by atoms with Crippen molar-refractivity contribution in [2.75, 3.05) is 13.1 Å². The van der Waals surface area contributed by atoms with Crippen LogP contribution in [0.15, 0.2) is 18.2 Å². The quantitative estimate of drug-likeness (QED) is 0.887. The number of hydrogen-bond donors (Lipinski definition) is 1. The first-order chi connectivity index (χ1) is 9.97. The summed E-state index contributed by atoms with van der Waals surface area (Å²) >= 11 is 5.78. The Balaban J connectivity index is 2.13. The molecule has 1 heterocycles. The summed E-state index contributed by atoms with van der Waals surface area (Å²) < 4.78 is 13.9. The molecule has 0 radical (unpaired) electrons. The number of rotatable bonds is 5. The predicted molar refractivity (Wildman–Crippen MR) is 85.2 cm³/mol. The van der Waals surface area contributed by atoms with Crippen molar-refractivity contribution in [3.8, 4) is 0 Å². The Morgan fingerprint density at radius 1 is 1.33 bits per heavy atom. The highest BCUT2D eigenvalue weighted by atomic mass is 35.5. The molecule has 0 spiro atoms. The minimum absolute atomic E-state index is 0.299. The molecule has 1 aromatic rings. The van der Waals surface area contributed by atoms with E-state index in [4.69, 9.17) is 11.6 Å². The van der Waals surface area contributed by atoms with E-state index in [9.17, 15) is 9.50 Å². The van der Waals surface area contributed by atoms with Gasteiger partial charge < -0.3 is 5.11 Å². The third-order valence-corrected chi connectivity index (χ3v) is 5.18. The normalized spacial score (nSPS) is 21.0. The molecule has 2 unspecified atom stereocenters. The number of halogens is 2. The molecule has 0 aliphatic carbocycles. The molecule has 1 N–H and O–H groups in total. The molecule has 1 aliphatic heterocycles. The smallest absolute Gasteiger partial charge is 0.127 e. The van der Waals surface area contributed by atoms with E-state index in [1.54, 1.807) is 12.1 Å². The largest absolute Gasteiger partial charge is 0.391 e. The van der Waals surface area contributed by atoms with Gasteiger partial charge in [0.1, 0.15) is 5.82 Å². The van der Waals surface area contributed by atoms with Crippen molar-refractivity contribution in [3.63, 3.8) is 0 Å². The summed E-state index contributed by atoms with van der Waals surface area (Å²) in [5.41, 5.74) is 0.232. The predicted octanol–water partition coefficient (Wildman–Crippen LogP) is 4.04. The summed E-state index contributed by atoms with van der Waals surface area (Å²) in [6.07, 6.45) is 4.21. The van der Waals surface area contributed by atoms with E-state index >= 15 is 0 Å². The molecule has 2 atom stereocenters. The van der Waals surface area contributed by atoms with Crippen molar-refractivity contribution in [3.05, 3.63) is 34.6 Å². The lowest BCUT2D eigenvalue weighted by Crippen LogP contribution is -2.56. The van der Waals surface area contributed by atoms with Gasteiger partial charge in [0.15, 0.2) is 0 Å². The number of hydrogen-bond acceptors (Lipinski definition) is 2. The van der Waals surface area contributed by atoms with Crippen molar-refractivity contribution in [2.24, 2.45) is 0 Å². The number of piperidine rings is 1. The summed E-state index contributed by atoms with van der Waals surface area (Å²) in [5, 5.41) is 11.1. The average Bonchev–Trinajstić information content (AvgIpc) is 2.50. The first kappa shape index (κ1) is 16.7. The van der Waals surface area contributed by atoms with Gasteiger partial charge in [-0.25, -0.2) is 4.39 Å². The van der Waals surface area contributed by atoms with E-state index in [1.807, 2.05) is 0 Å². The molecule has 0 bridgehead atoms. The first-order valence-electron chi connectivity index (χ1n) is 7.84. The second kappa shape index (κ2) is 7.08. The fourth-order valence-corrected chi connectivity index (χ4v) is 3.35. The number of aliphatic hydroxyl groups excluding tert-OH is 1. The molecule has 0 saturated carbocycles. The van der Waals surface area contributed by atoms with Crippen LogP contribution in [0.3, 0.4) is 0 Å². The maximum atomic E-state index is 13.9. The first-order valence-corrected chi connectivity index (χ1v) is 8.22. The van der Waals surface area contributed by atoms with Crippen LogP contribution in [-0.2, 0) is 6.42 Å². The lowest BCUT2D eigenvalue weighted by atomic mass is 9.84. The van der Waals surface area contributed by atoms with Gasteiger partial charge in [-0.1, -0.05) is 31.0 Å². The van der Waals surface area contributed by atoms with Gasteiger partial charge in [-0.2, -0.15) is 0 Å². The lowest BCUT2D eigenvalue weighted by molar-refractivity contribution is -0.0331. The van der Waals surface area contributed by atoms with Gasteiger partial charge in [0.25, 0.3) is 0 Å². The van der Waals surface area contributed by atoms with Gasteiger partial charge in [0, 0.05) is 17.0 Å². The summed E-state index contributed by atoms with van der Waals surface area (Å²) in [6, 6.07) is 4.66. The zero-order valence-electron chi connectivity index (χ0n) is 12.9. The Morgan fingerprint density at radius 3 is 2.57 bits per heavy atom. The van der Waals surface area contributed by atoms with Gasteiger partial charge in [-0.3, -0.25) is 4.90 Å². The molecular formula is C17H25ClFNO. The Kier molecular flexibility index (Phi) is 5.64. The number of benzene rings is 1. The zero-order valence-corrected chi connectivity index (χ0v) is 13.7. The van der Waals surface area contributed by atoms with Crippen LogP contribution in [-0.4, -0.2) is 34.7 Å². The zero-order chi connectivity index (χ0) is 15.5. The number of nitrogens with zero attached hydrogens (tertiary/aromatic N) is 1. The fourth-order valence-electron chi connectivity index (χ4n) is 3.19. The van der Waals surface area contributed by atoms with Crippen molar-refractivity contribution < 1.29 is 9.50 Å². The van der Waals surface area contributed by atoms with Gasteiger partial charge in [-0.05, 0) is 57.0 Å². The number of aliphatic hydroxyl groups is 1. The molecule has 4 heteroatoms. The summed E-state index contributed by atoms with van der Waals surface area (Å²) in [7, 11) is 0. The summed E-state index contributed by atoms with van der Waals surface area (Å²) in [5.74, 6) is -0.335. The van der Waals surface area contributed by atoms with Crippen LogP contribution in [0, 0.1) is 5.82 Å². The third kappa shape index (κ3) is 3.77. The SMILES string of the molecule is CCC(C)(C(O)Cc1ccc(Cl)cc1F)N1CCCCC1. The minimum Gasteiger partial charge on any atom is -0.391 e. The topological polar surface area (TPSA) is 23.5 Å². The van der Waals surface area contributed by atoms with Crippen LogP contribution in [0.2, 0.25) is 5.02 Å². The van der Waals surface area contributed by atoms with Gasteiger partial charge in [0.2, 0.25) is 0 Å². The molecule has 0 aromatic heterocycles. The van der Waals surface area contributed by atoms with Gasteiger partial charge >= 0.3 is 0 Å². The van der Waals surface area contributed by atoms with Gasteiger partial charge in [-0.15, -0.1) is 0 Å². The van der Waals surface area contributed by atoms with Crippen LogP contribution in [0.4, 0.5) is 4.39 Å². The van der Waals surface area contributed by atoms with Crippen LogP contribution in [0.5, 0.6) is 0 Å². The van der Waals surface area contributed by atoms with E-state index in [0.717, 1.165) is 19.5 Å². The molecular weight excluding hydrogens is 289 g/mol. The van der Waals surface area contributed by atoms with Crippen LogP contribution in [0.25, 0.3) is 0 Å². The Bertz CT molecular complexity index is 476. The highest BCUT2D eigenvalue weighted by Crippen LogP contribution is 2.30. The molecule has 21 heavy (non-hydrogen) atoms. The molecule has 1 fully saturated rings. The average molecular weight is 314 g/mol. The molecule has 1 saturated heterocycles. The maximum absolute atomic E-state index is 13.9. The van der Waals surface area contributed by atoms with Crippen LogP contribution >= 0.6 is 11.6 Å². The van der Waals surface area contributed by atoms with Gasteiger partial charge in [0.05, 0.1) is 6.10 Å². The second-order valence-electron chi connectivity index (χ2n) is 6.21. The second-order valence-corrected chi connectivity index (χ2v) is 6.65. The number of likely N-dealkylation sites (tertiary alicyclic amines) is 1. The monoisotopic (exact) mass is 313 g/mol. The van der Waals surface area contributed by atoms with Crippen LogP contribution < -0.4 is 0 Å². The van der Waals surface area contributed by atoms with E-state index < -0.39 is 6.10 Å². The van der Waals surface area contributed by atoms with Crippen molar-refractivity contribution in [1.82, 2.24) is 4.90 Å². The summed E-state index contributed by atoms with van der Waals surface area (Å²) in [6.45, 7) is 6.22. The molecule has 2 rings (SSSR count). The van der Waals surface area contributed by atoms with E-state index in [1.165, 1.54) is 25.3 Å². The molecule has 1 aliphatic rings. The Morgan fingerprint density at radius 2 is 2.00 bits per heavy atom. The van der Waals surface area contributed by atoms with E-state index in [0.29, 0.717) is 17.0 Å². The maximum Gasteiger partial charge on any atom is 0.127 e. The highest BCUT2D eigenvalue weighted by molar-refractivity contribution is 6.30. The van der Waals surface area contributed by atoms with E-state index in [-0.39, 0.29) is 11.4 Å². The Hall–Kier alpha value is -0.640. The molecule has 1 aromatic carbocycles. The van der Waals surface area contributed by atoms with E-state index in [2.05, 4.69) is 18.7 Å². The molecule has 2 nitrogen and oxygen atoms in total. The summed E-state index contributed by atoms with van der Waals surface area (Å²) in [4.78, 5) is 2.37. The standard InChI is InChI=1S/C17H25ClFNO/c1-3-17(2,20-9-5-4-6-10-20)16(21)11-13-7-8-14(18)12-15(13)19/h7-8,12,16,21H,3-6,9-11H2,1-2H3. The Labute approximate surface area is 131 Å². The van der Waals surface area contributed by atoms with Crippen molar-refractivity contribution >= 4 is 11.6 Å². The lowest BCUT2D eigenvalue weighted by Gasteiger charge is -2.46. The minimum atomic E-state index is -0.587.